The second-order valence-corrected chi connectivity index (χ2v) is 9.22. The van der Waals surface area contributed by atoms with E-state index >= 15 is 0 Å². The van der Waals surface area contributed by atoms with Crippen LogP contribution in [-0.4, -0.2) is 120 Å². The van der Waals surface area contributed by atoms with Crippen LogP contribution < -0.4 is 5.32 Å². The number of benzene rings is 1. The zero-order chi connectivity index (χ0) is 27.9. The topological polar surface area (TPSA) is 193 Å². The maximum atomic E-state index is 13.2. The van der Waals surface area contributed by atoms with E-state index in [0.717, 1.165) is 0 Å². The van der Waals surface area contributed by atoms with E-state index in [2.05, 4.69) is 5.32 Å². The zero-order valence-electron chi connectivity index (χ0n) is 21.0. The summed E-state index contributed by atoms with van der Waals surface area (Å²) in [5.74, 6) is -1.02. The van der Waals surface area contributed by atoms with Gasteiger partial charge in [0.2, 0.25) is 5.91 Å². The number of nitrogens with one attached hydrogen (secondary N) is 1. The first-order valence-electron chi connectivity index (χ1n) is 12.6. The van der Waals surface area contributed by atoms with Crippen LogP contribution in [0.4, 0.5) is 0 Å². The fraction of sp³-hybridized carbons (Fsp3) is 0.538. The van der Waals surface area contributed by atoms with Gasteiger partial charge in [-0.25, -0.2) is 4.79 Å². The van der Waals surface area contributed by atoms with Crippen LogP contribution in [0.1, 0.15) is 22.3 Å². The molecule has 0 spiro atoms. The smallest absolute Gasteiger partial charge is 0.339 e. The van der Waals surface area contributed by atoms with Gasteiger partial charge in [-0.15, -0.1) is 0 Å². The molecule has 39 heavy (non-hydrogen) atoms. The van der Waals surface area contributed by atoms with Crippen molar-refractivity contribution >= 4 is 18.0 Å². The Morgan fingerprint density at radius 2 is 1.87 bits per heavy atom. The van der Waals surface area contributed by atoms with Gasteiger partial charge in [-0.1, -0.05) is 30.4 Å². The molecule has 6 N–H and O–H groups in total. The van der Waals surface area contributed by atoms with Gasteiger partial charge in [-0.3, -0.25) is 4.79 Å². The van der Waals surface area contributed by atoms with E-state index in [4.69, 9.17) is 28.8 Å². The number of fused-ring (bicyclic) bond motifs is 1. The summed E-state index contributed by atoms with van der Waals surface area (Å²) < 4.78 is 27.6. The molecule has 1 aromatic carbocycles. The molecule has 1 aromatic rings. The van der Waals surface area contributed by atoms with Gasteiger partial charge in [0.1, 0.15) is 49.5 Å². The third kappa shape index (κ3) is 6.90. The summed E-state index contributed by atoms with van der Waals surface area (Å²) >= 11 is 0. The third-order valence-corrected chi connectivity index (χ3v) is 6.63. The summed E-state index contributed by atoms with van der Waals surface area (Å²) in [5.41, 5.74) is 1.12. The molecule has 4 rings (SSSR count). The molecule has 8 unspecified atom stereocenters. The predicted octanol–water partition coefficient (Wildman–Crippen LogP) is -1.78. The number of ether oxygens (including phenoxy) is 5. The molecule has 2 saturated heterocycles. The van der Waals surface area contributed by atoms with Crippen LogP contribution in [0.5, 0.6) is 0 Å². The number of hydrogen-bond donors (Lipinski definition) is 6. The number of aliphatic hydroxyl groups excluding tert-OH is 5. The molecule has 3 aliphatic rings. The maximum Gasteiger partial charge on any atom is 0.339 e. The molecule has 8 atom stereocenters. The molecule has 13 nitrogen and oxygen atoms in total. The molecule has 2 aliphatic heterocycles. The highest BCUT2D eigenvalue weighted by Gasteiger charge is 2.44. The minimum absolute atomic E-state index is 0.000801. The first-order valence-corrected chi connectivity index (χ1v) is 12.6. The zero-order valence-corrected chi connectivity index (χ0v) is 21.0. The molecular formula is C26H33NO12. The van der Waals surface area contributed by atoms with E-state index in [1.54, 1.807) is 42.5 Å². The number of carbonyl (C=O) groups excluding carboxylic acids is 2. The Kier molecular flexibility index (Phi) is 10.2. The molecular weight excluding hydrogens is 518 g/mol. The van der Waals surface area contributed by atoms with Gasteiger partial charge in [0.15, 0.2) is 6.29 Å². The third-order valence-electron chi connectivity index (χ3n) is 6.63. The van der Waals surface area contributed by atoms with E-state index in [9.17, 15) is 30.0 Å². The van der Waals surface area contributed by atoms with Crippen molar-refractivity contribution in [1.82, 2.24) is 5.32 Å². The lowest BCUT2D eigenvalue weighted by Crippen LogP contribution is -2.59. The maximum absolute atomic E-state index is 13.2. The highest BCUT2D eigenvalue weighted by molar-refractivity contribution is 5.95. The Balaban J connectivity index is 1.39. The normalized spacial score (nSPS) is 32.5. The van der Waals surface area contributed by atoms with Crippen LogP contribution in [0.25, 0.3) is 6.08 Å². The molecule has 2 heterocycles. The van der Waals surface area contributed by atoms with Crippen LogP contribution in [-0.2, 0) is 28.5 Å². The molecule has 2 fully saturated rings. The van der Waals surface area contributed by atoms with Crippen LogP contribution in [0.3, 0.4) is 0 Å². The Morgan fingerprint density at radius 1 is 1.08 bits per heavy atom. The number of aliphatic hydroxyl groups is 5. The van der Waals surface area contributed by atoms with Crippen molar-refractivity contribution in [3.63, 3.8) is 0 Å². The lowest BCUT2D eigenvalue weighted by atomic mass is 9.91. The highest BCUT2D eigenvalue weighted by atomic mass is 16.7. The molecule has 13 heteroatoms. The second-order valence-electron chi connectivity index (χ2n) is 9.22. The van der Waals surface area contributed by atoms with E-state index < -0.39 is 61.6 Å². The molecule has 0 bridgehead atoms. The molecule has 0 radical (unpaired) electrons. The Hall–Kier alpha value is -2.72. The Labute approximate surface area is 224 Å². The van der Waals surface area contributed by atoms with Crippen LogP contribution in [0.2, 0.25) is 0 Å². The van der Waals surface area contributed by atoms with Crippen molar-refractivity contribution in [3.8, 4) is 0 Å². The van der Waals surface area contributed by atoms with Gasteiger partial charge >= 0.3 is 5.97 Å². The van der Waals surface area contributed by atoms with E-state index in [1.807, 2.05) is 0 Å². The minimum Gasteiger partial charge on any atom is -0.456 e. The number of amides is 1. The van der Waals surface area contributed by atoms with Crippen molar-refractivity contribution in [3.05, 3.63) is 53.1 Å². The molecule has 214 valence electrons. The average Bonchev–Trinajstić information content (AvgIpc) is 3.43. The van der Waals surface area contributed by atoms with Gasteiger partial charge in [-0.2, -0.15) is 0 Å². The summed E-state index contributed by atoms with van der Waals surface area (Å²) in [6.45, 7) is -0.771. The van der Waals surface area contributed by atoms with Crippen molar-refractivity contribution in [1.29, 1.82) is 0 Å². The van der Waals surface area contributed by atoms with E-state index in [1.165, 1.54) is 0 Å². The molecule has 0 aromatic heterocycles. The van der Waals surface area contributed by atoms with Gasteiger partial charge < -0.3 is 54.5 Å². The van der Waals surface area contributed by atoms with Crippen LogP contribution in [0, 0.1) is 0 Å². The summed E-state index contributed by atoms with van der Waals surface area (Å²) in [7, 11) is 0. The summed E-state index contributed by atoms with van der Waals surface area (Å²) in [6.07, 6.45) is -3.92. The van der Waals surface area contributed by atoms with Gasteiger partial charge in [0.05, 0.1) is 25.4 Å². The number of rotatable bonds is 10. The average molecular weight is 552 g/mol. The number of esters is 1. The van der Waals surface area contributed by atoms with E-state index in [-0.39, 0.29) is 44.4 Å². The van der Waals surface area contributed by atoms with Gasteiger partial charge in [0, 0.05) is 18.5 Å². The minimum atomic E-state index is -1.55. The molecule has 1 aliphatic carbocycles. The molecule has 0 saturated carbocycles. The standard InChI is InChI=1S/C26H33NO12/c28-8-7-27-24(33)15-10-17-23(37-13-36-17)18(11-15)38-25(34)16-6-2-1-4-14(16)5-3-9-35-26-22(32)21(31)20(30)19(12-29)39-26/h1-6,10,17-23,26,28-32H,7-9,11-13H2,(H,27,33). The monoisotopic (exact) mass is 551 g/mol. The summed E-state index contributed by atoms with van der Waals surface area (Å²) in [5, 5.41) is 50.7. The Morgan fingerprint density at radius 3 is 2.64 bits per heavy atom. The fourth-order valence-corrected chi connectivity index (χ4v) is 4.57. The largest absolute Gasteiger partial charge is 0.456 e. The quantitative estimate of drug-likeness (QED) is 0.179. The highest BCUT2D eigenvalue weighted by Crippen LogP contribution is 2.31. The lowest BCUT2D eigenvalue weighted by Gasteiger charge is -2.39. The van der Waals surface area contributed by atoms with Crippen LogP contribution in [0.15, 0.2) is 42.0 Å². The molecule has 1 amide bonds. The second kappa shape index (κ2) is 13.6. The van der Waals surface area contributed by atoms with Crippen molar-refractivity contribution in [2.45, 2.75) is 55.4 Å². The first kappa shape index (κ1) is 29.3. The predicted molar refractivity (Wildman–Crippen MR) is 132 cm³/mol. The lowest BCUT2D eigenvalue weighted by molar-refractivity contribution is -0.298. The summed E-state index contributed by atoms with van der Waals surface area (Å²) in [6, 6.07) is 6.67. The van der Waals surface area contributed by atoms with Crippen molar-refractivity contribution in [2.24, 2.45) is 0 Å². The first-order chi connectivity index (χ1) is 18.8. The van der Waals surface area contributed by atoms with E-state index in [0.29, 0.717) is 11.1 Å². The van der Waals surface area contributed by atoms with Crippen molar-refractivity contribution in [2.75, 3.05) is 33.2 Å². The Bertz CT molecular complexity index is 1060. The van der Waals surface area contributed by atoms with Crippen molar-refractivity contribution < 1.29 is 58.8 Å². The SMILES string of the molecule is O=C(NCCO)C1=CC2OCOC2C(OC(=O)c2ccccc2C=CCOC2OC(CO)C(O)C(O)C2O)C1. The number of carbonyl (C=O) groups is 2. The number of hydrogen-bond acceptors (Lipinski definition) is 12. The van der Waals surface area contributed by atoms with Gasteiger partial charge in [-0.05, 0) is 17.7 Å². The summed E-state index contributed by atoms with van der Waals surface area (Å²) in [4.78, 5) is 25.6. The van der Waals surface area contributed by atoms with Crippen LogP contribution >= 0.6 is 0 Å². The fourth-order valence-electron chi connectivity index (χ4n) is 4.57. The van der Waals surface area contributed by atoms with Gasteiger partial charge in [0.25, 0.3) is 0 Å².